The third-order valence-electron chi connectivity index (χ3n) is 5.96. The Morgan fingerprint density at radius 1 is 0.909 bits per heavy atom. The summed E-state index contributed by atoms with van der Waals surface area (Å²) in [7, 11) is -7.42. The van der Waals surface area contributed by atoms with E-state index < -0.39 is 26.0 Å². The Morgan fingerprint density at radius 2 is 1.61 bits per heavy atom. The molecule has 10 nitrogen and oxygen atoms in total. The van der Waals surface area contributed by atoms with Crippen molar-refractivity contribution < 1.29 is 31.1 Å². The highest BCUT2D eigenvalue weighted by atomic mass is 32.2. The number of amides is 1. The number of sulfonamides is 2. The van der Waals surface area contributed by atoms with Gasteiger partial charge in [-0.05, 0) is 42.0 Å². The lowest BCUT2D eigenvalue weighted by molar-refractivity contribution is -0.116. The van der Waals surface area contributed by atoms with Gasteiger partial charge in [0.2, 0.25) is 32.7 Å². The summed E-state index contributed by atoms with van der Waals surface area (Å²) in [5, 5.41) is 0. The summed E-state index contributed by atoms with van der Waals surface area (Å²) in [5.74, 6) is 0.708. The van der Waals surface area contributed by atoms with Gasteiger partial charge in [0.15, 0.2) is 11.5 Å². The fourth-order valence-corrected chi connectivity index (χ4v) is 7.08. The molecule has 3 aliphatic heterocycles. The van der Waals surface area contributed by atoms with Crippen LogP contribution in [-0.4, -0.2) is 70.7 Å². The first-order valence-corrected chi connectivity index (χ1v) is 13.6. The van der Waals surface area contributed by atoms with Crippen LogP contribution in [0.15, 0.2) is 47.4 Å². The largest absolute Gasteiger partial charge is 0.454 e. The predicted molar refractivity (Wildman–Crippen MR) is 119 cm³/mol. The van der Waals surface area contributed by atoms with E-state index in [0.29, 0.717) is 32.7 Å². The number of carbonyl (C=O) groups is 1. The minimum absolute atomic E-state index is 0.0690. The first kappa shape index (κ1) is 22.1. The summed E-state index contributed by atoms with van der Waals surface area (Å²) in [4.78, 5) is 14.2. The molecular weight excluding hydrogens is 470 g/mol. The molecule has 3 aliphatic rings. The lowest BCUT2D eigenvalue weighted by Crippen LogP contribution is -2.48. The monoisotopic (exact) mass is 493 g/mol. The summed E-state index contributed by atoms with van der Waals surface area (Å²) in [6.07, 6.45) is -0.0705. The Balaban J connectivity index is 1.23. The summed E-state index contributed by atoms with van der Waals surface area (Å²) in [5.41, 5.74) is 1.22. The van der Waals surface area contributed by atoms with Crippen molar-refractivity contribution in [2.45, 2.75) is 17.9 Å². The second-order valence-corrected chi connectivity index (χ2v) is 12.0. The van der Waals surface area contributed by atoms with E-state index in [0.717, 1.165) is 21.4 Å². The van der Waals surface area contributed by atoms with Gasteiger partial charge in [-0.25, -0.2) is 21.1 Å². The van der Waals surface area contributed by atoms with Crippen molar-refractivity contribution in [3.8, 4) is 11.5 Å². The van der Waals surface area contributed by atoms with E-state index in [1.54, 1.807) is 0 Å². The van der Waals surface area contributed by atoms with Crippen molar-refractivity contribution in [1.82, 2.24) is 9.21 Å². The molecule has 0 saturated carbocycles. The smallest absolute Gasteiger partial charge is 0.243 e. The standard InChI is InChI=1S/C21H23N3O7S2/c25-21-7-12-32(26,27)24(21)17-2-4-18(5-3-17)33(28,29)23-10-8-22(9-11-23)14-16-1-6-19-20(13-16)31-15-30-19/h1-6,13H,7-12,14-15H2. The number of benzene rings is 2. The molecule has 5 rings (SSSR count). The Bertz CT molecular complexity index is 1290. The zero-order valence-corrected chi connectivity index (χ0v) is 19.3. The molecule has 1 amide bonds. The van der Waals surface area contributed by atoms with Gasteiger partial charge in [-0.2, -0.15) is 4.31 Å². The average molecular weight is 494 g/mol. The fourth-order valence-electron chi connectivity index (χ4n) is 4.20. The Morgan fingerprint density at radius 3 is 2.27 bits per heavy atom. The number of rotatable bonds is 5. The van der Waals surface area contributed by atoms with E-state index in [4.69, 9.17) is 9.47 Å². The minimum atomic E-state index is -3.73. The lowest BCUT2D eigenvalue weighted by Gasteiger charge is -2.34. The summed E-state index contributed by atoms with van der Waals surface area (Å²) in [6.45, 7) is 2.73. The molecule has 2 saturated heterocycles. The molecule has 33 heavy (non-hydrogen) atoms. The van der Waals surface area contributed by atoms with Crippen LogP contribution < -0.4 is 13.8 Å². The molecule has 176 valence electrons. The minimum Gasteiger partial charge on any atom is -0.454 e. The lowest BCUT2D eigenvalue weighted by atomic mass is 10.2. The van der Waals surface area contributed by atoms with Crippen LogP contribution in [0, 0.1) is 0 Å². The van der Waals surface area contributed by atoms with Gasteiger partial charge in [-0.1, -0.05) is 6.07 Å². The second-order valence-electron chi connectivity index (χ2n) is 8.09. The molecule has 0 N–H and O–H groups in total. The van der Waals surface area contributed by atoms with Crippen molar-refractivity contribution in [2.75, 3.05) is 43.0 Å². The van der Waals surface area contributed by atoms with Gasteiger partial charge in [0.1, 0.15) is 0 Å². The molecule has 12 heteroatoms. The van der Waals surface area contributed by atoms with Crippen LogP contribution in [0.25, 0.3) is 0 Å². The second kappa shape index (κ2) is 8.28. The summed E-state index contributed by atoms with van der Waals surface area (Å²) < 4.78 is 63.2. The van der Waals surface area contributed by atoms with E-state index in [1.807, 2.05) is 18.2 Å². The van der Waals surface area contributed by atoms with Crippen molar-refractivity contribution >= 4 is 31.6 Å². The van der Waals surface area contributed by atoms with E-state index in [-0.39, 0.29) is 29.5 Å². The molecule has 2 fully saturated rings. The van der Waals surface area contributed by atoms with Crippen LogP contribution >= 0.6 is 0 Å². The van der Waals surface area contributed by atoms with Gasteiger partial charge < -0.3 is 9.47 Å². The van der Waals surface area contributed by atoms with Crippen LogP contribution in [0.1, 0.15) is 12.0 Å². The zero-order valence-electron chi connectivity index (χ0n) is 17.7. The highest BCUT2D eigenvalue weighted by Gasteiger charge is 2.36. The normalized spacial score (nSPS) is 21.0. The van der Waals surface area contributed by atoms with Gasteiger partial charge in [0.25, 0.3) is 0 Å². The first-order chi connectivity index (χ1) is 15.7. The van der Waals surface area contributed by atoms with Crippen molar-refractivity contribution in [3.05, 3.63) is 48.0 Å². The number of ether oxygens (including phenoxy) is 2. The van der Waals surface area contributed by atoms with Gasteiger partial charge in [-0.15, -0.1) is 0 Å². The van der Waals surface area contributed by atoms with Crippen LogP contribution in [0.4, 0.5) is 5.69 Å². The van der Waals surface area contributed by atoms with Gasteiger partial charge >= 0.3 is 0 Å². The summed E-state index contributed by atoms with van der Waals surface area (Å²) >= 11 is 0. The van der Waals surface area contributed by atoms with Crippen LogP contribution in [-0.2, 0) is 31.4 Å². The SMILES string of the molecule is O=C1CCS(=O)(=O)N1c1ccc(S(=O)(=O)N2CCN(Cc3ccc4c(c3)OCO4)CC2)cc1. The average Bonchev–Trinajstić information content (AvgIpc) is 3.37. The molecule has 3 heterocycles. The molecule has 0 atom stereocenters. The van der Waals surface area contributed by atoms with Gasteiger partial charge in [0, 0.05) is 39.1 Å². The number of carbonyl (C=O) groups excluding carboxylic acids is 1. The van der Waals surface area contributed by atoms with E-state index in [9.17, 15) is 21.6 Å². The molecular formula is C21H23N3O7S2. The predicted octanol–water partition coefficient (Wildman–Crippen LogP) is 0.988. The zero-order chi connectivity index (χ0) is 23.2. The van der Waals surface area contributed by atoms with E-state index >= 15 is 0 Å². The third-order valence-corrected chi connectivity index (χ3v) is 9.57. The van der Waals surface area contributed by atoms with E-state index in [1.165, 1.54) is 28.6 Å². The third kappa shape index (κ3) is 4.19. The molecule has 0 aliphatic carbocycles. The van der Waals surface area contributed by atoms with Gasteiger partial charge in [-0.3, -0.25) is 9.69 Å². The maximum absolute atomic E-state index is 13.1. The Kier molecular flexibility index (Phi) is 5.55. The van der Waals surface area contributed by atoms with E-state index in [2.05, 4.69) is 4.90 Å². The topological polar surface area (TPSA) is 114 Å². The van der Waals surface area contributed by atoms with Crippen molar-refractivity contribution in [1.29, 1.82) is 0 Å². The molecule has 0 bridgehead atoms. The number of anilines is 1. The molecule has 0 spiro atoms. The molecule has 0 aromatic heterocycles. The quantitative estimate of drug-likeness (QED) is 0.606. The Hall–Kier alpha value is -2.67. The number of hydrogen-bond acceptors (Lipinski definition) is 8. The highest BCUT2D eigenvalue weighted by molar-refractivity contribution is 7.94. The van der Waals surface area contributed by atoms with Crippen LogP contribution in [0.2, 0.25) is 0 Å². The summed E-state index contributed by atoms with van der Waals surface area (Å²) in [6, 6.07) is 11.2. The molecule has 0 radical (unpaired) electrons. The van der Waals surface area contributed by atoms with Crippen LogP contribution in [0.5, 0.6) is 11.5 Å². The van der Waals surface area contributed by atoms with Gasteiger partial charge in [0.05, 0.1) is 16.3 Å². The maximum Gasteiger partial charge on any atom is 0.243 e. The molecule has 2 aromatic rings. The van der Waals surface area contributed by atoms with Crippen LogP contribution in [0.3, 0.4) is 0 Å². The number of hydrogen-bond donors (Lipinski definition) is 0. The Labute approximate surface area is 192 Å². The van der Waals surface area contributed by atoms with Crippen molar-refractivity contribution in [2.24, 2.45) is 0 Å². The highest BCUT2D eigenvalue weighted by Crippen LogP contribution is 2.33. The molecule has 0 unspecified atom stereocenters. The fraction of sp³-hybridized carbons (Fsp3) is 0.381. The first-order valence-electron chi connectivity index (χ1n) is 10.5. The maximum atomic E-state index is 13.1. The number of nitrogens with zero attached hydrogens (tertiary/aromatic N) is 3. The molecule has 2 aromatic carbocycles. The van der Waals surface area contributed by atoms with Crippen molar-refractivity contribution in [3.63, 3.8) is 0 Å². The number of piperazine rings is 1. The number of fused-ring (bicyclic) bond motifs is 1.